The van der Waals surface area contributed by atoms with Gasteiger partial charge in [-0.25, -0.2) is 0 Å². The van der Waals surface area contributed by atoms with Crippen LogP contribution in [0.4, 0.5) is 0 Å². The number of thioether (sulfide) groups is 1. The quantitative estimate of drug-likeness (QED) is 0.613. The molecule has 0 atom stereocenters. The Morgan fingerprint density at radius 3 is 2.18 bits per heavy atom. The molecule has 0 rings (SSSR count). The number of hydrogen-bond acceptors (Lipinski definition) is 1. The van der Waals surface area contributed by atoms with E-state index in [2.05, 4.69) is 45.8 Å². The van der Waals surface area contributed by atoms with E-state index in [-0.39, 0.29) is 0 Å². The Morgan fingerprint density at radius 2 is 1.82 bits per heavy atom. The maximum atomic E-state index is 3.96. The first-order valence-corrected chi connectivity index (χ1v) is 4.94. The summed E-state index contributed by atoms with van der Waals surface area (Å²) < 4.78 is 0. The van der Waals surface area contributed by atoms with E-state index in [0.29, 0.717) is 11.8 Å². The zero-order chi connectivity index (χ0) is 8.85. The first-order valence-electron chi connectivity index (χ1n) is 4.06. The fraction of sp³-hybridized carbons (Fsp3) is 0.600. The minimum Gasteiger partial charge on any atom is -0.103 e. The molecule has 0 radical (unpaired) electrons. The Bertz CT molecular complexity index is 143. The van der Waals surface area contributed by atoms with Gasteiger partial charge in [0.05, 0.1) is 0 Å². The van der Waals surface area contributed by atoms with Crippen LogP contribution in [0.1, 0.15) is 27.7 Å². The lowest BCUT2D eigenvalue weighted by Crippen LogP contribution is -1.85. The summed E-state index contributed by atoms with van der Waals surface area (Å²) >= 11 is 1.74. The molecule has 0 aliphatic carbocycles. The second-order valence-corrected chi connectivity index (χ2v) is 4.34. The van der Waals surface area contributed by atoms with Crippen molar-refractivity contribution >= 4 is 11.8 Å². The van der Waals surface area contributed by atoms with E-state index >= 15 is 0 Å². The van der Waals surface area contributed by atoms with Crippen LogP contribution in [0, 0.1) is 11.8 Å². The summed E-state index contributed by atoms with van der Waals surface area (Å²) in [5, 5.41) is 2.13. The summed E-state index contributed by atoms with van der Waals surface area (Å²) in [5.74, 6) is 1.22. The van der Waals surface area contributed by atoms with E-state index in [4.69, 9.17) is 0 Å². The molecular weight excluding hydrogens is 152 g/mol. The van der Waals surface area contributed by atoms with Crippen LogP contribution in [0.5, 0.6) is 0 Å². The molecule has 0 aliphatic rings. The van der Waals surface area contributed by atoms with Gasteiger partial charge in [0.2, 0.25) is 0 Å². The van der Waals surface area contributed by atoms with Gasteiger partial charge in [0, 0.05) is 0 Å². The molecule has 0 aromatic heterocycles. The maximum Gasteiger partial charge on any atom is -0.0155 e. The maximum absolute atomic E-state index is 3.96. The van der Waals surface area contributed by atoms with E-state index in [1.165, 1.54) is 4.91 Å². The average molecular weight is 170 g/mol. The highest BCUT2D eigenvalue weighted by molar-refractivity contribution is 8.05. The van der Waals surface area contributed by atoms with Crippen LogP contribution in [0.15, 0.2) is 23.0 Å². The fourth-order valence-electron chi connectivity index (χ4n) is 0.420. The van der Waals surface area contributed by atoms with Crippen molar-refractivity contribution in [3.05, 3.63) is 23.0 Å². The van der Waals surface area contributed by atoms with Gasteiger partial charge in [-0.3, -0.25) is 0 Å². The van der Waals surface area contributed by atoms with Crippen molar-refractivity contribution in [3.63, 3.8) is 0 Å². The molecule has 11 heavy (non-hydrogen) atoms. The Kier molecular flexibility index (Phi) is 5.39. The standard InChI is InChI=1S/C10H18S/c1-8(2)6-7-11-10(5)9(3)4/h6-9H,5H2,1-4H3/b7-6-. The summed E-state index contributed by atoms with van der Waals surface area (Å²) in [5.41, 5.74) is 0. The van der Waals surface area contributed by atoms with Gasteiger partial charge in [-0.2, -0.15) is 0 Å². The molecule has 1 heteroatoms. The second kappa shape index (κ2) is 5.48. The van der Waals surface area contributed by atoms with Gasteiger partial charge in [-0.15, -0.1) is 11.8 Å². The zero-order valence-corrected chi connectivity index (χ0v) is 8.74. The minimum atomic E-state index is 0.580. The highest BCUT2D eigenvalue weighted by Gasteiger charge is 1.97. The van der Waals surface area contributed by atoms with Crippen LogP contribution in [0.25, 0.3) is 0 Å². The van der Waals surface area contributed by atoms with Crippen LogP contribution in [-0.4, -0.2) is 0 Å². The largest absolute Gasteiger partial charge is 0.103 e. The molecule has 0 bridgehead atoms. The molecule has 64 valence electrons. The van der Waals surface area contributed by atoms with E-state index in [9.17, 15) is 0 Å². The van der Waals surface area contributed by atoms with Crippen molar-refractivity contribution < 1.29 is 0 Å². The van der Waals surface area contributed by atoms with Crippen molar-refractivity contribution in [1.29, 1.82) is 0 Å². The number of rotatable bonds is 4. The predicted octanol–water partition coefficient (Wildman–Crippen LogP) is 4.06. The highest BCUT2D eigenvalue weighted by Crippen LogP contribution is 2.23. The van der Waals surface area contributed by atoms with Gasteiger partial charge in [-0.1, -0.05) is 40.3 Å². The van der Waals surface area contributed by atoms with Crippen LogP contribution >= 0.6 is 11.8 Å². The molecule has 0 saturated heterocycles. The summed E-state index contributed by atoms with van der Waals surface area (Å²) in [6.07, 6.45) is 2.19. The third-order valence-corrected chi connectivity index (χ3v) is 2.39. The Morgan fingerprint density at radius 1 is 1.27 bits per heavy atom. The molecule has 0 saturated carbocycles. The van der Waals surface area contributed by atoms with E-state index in [0.717, 1.165) is 0 Å². The van der Waals surface area contributed by atoms with E-state index in [1.54, 1.807) is 11.8 Å². The molecule has 0 aliphatic heterocycles. The summed E-state index contributed by atoms with van der Waals surface area (Å²) in [4.78, 5) is 1.24. The molecule has 0 N–H and O–H groups in total. The van der Waals surface area contributed by atoms with Crippen molar-refractivity contribution in [2.75, 3.05) is 0 Å². The normalized spacial score (nSPS) is 11.8. The molecule has 0 unspecified atom stereocenters. The Labute approximate surface area is 74.8 Å². The van der Waals surface area contributed by atoms with Gasteiger partial charge < -0.3 is 0 Å². The van der Waals surface area contributed by atoms with Gasteiger partial charge >= 0.3 is 0 Å². The summed E-state index contributed by atoms with van der Waals surface area (Å²) in [6.45, 7) is 12.6. The van der Waals surface area contributed by atoms with Crippen molar-refractivity contribution in [2.45, 2.75) is 27.7 Å². The highest BCUT2D eigenvalue weighted by atomic mass is 32.2. The Hall–Kier alpha value is -0.170. The van der Waals surface area contributed by atoms with Crippen LogP contribution in [-0.2, 0) is 0 Å². The van der Waals surface area contributed by atoms with Gasteiger partial charge in [-0.05, 0) is 22.1 Å². The lowest BCUT2D eigenvalue weighted by atomic mass is 10.2. The molecule has 0 heterocycles. The molecule has 0 spiro atoms. The molecule has 0 amide bonds. The van der Waals surface area contributed by atoms with Crippen molar-refractivity contribution in [1.82, 2.24) is 0 Å². The third-order valence-electron chi connectivity index (χ3n) is 1.33. The smallest absolute Gasteiger partial charge is 0.0155 e. The molecular formula is C10H18S. The van der Waals surface area contributed by atoms with Crippen molar-refractivity contribution in [2.24, 2.45) is 11.8 Å². The van der Waals surface area contributed by atoms with Gasteiger partial charge in [0.15, 0.2) is 0 Å². The SMILES string of the molecule is C=C(S/C=C\C(C)C)C(C)C. The second-order valence-electron chi connectivity index (χ2n) is 3.31. The third kappa shape index (κ3) is 6.24. The van der Waals surface area contributed by atoms with E-state index in [1.807, 2.05) is 0 Å². The number of hydrogen-bond donors (Lipinski definition) is 0. The molecule has 0 aromatic carbocycles. The Balaban J connectivity index is 3.62. The van der Waals surface area contributed by atoms with Crippen LogP contribution in [0.3, 0.4) is 0 Å². The topological polar surface area (TPSA) is 0 Å². The van der Waals surface area contributed by atoms with Gasteiger partial charge in [0.25, 0.3) is 0 Å². The lowest BCUT2D eigenvalue weighted by molar-refractivity contribution is 0.819. The summed E-state index contributed by atoms with van der Waals surface area (Å²) in [6, 6.07) is 0. The van der Waals surface area contributed by atoms with Crippen LogP contribution < -0.4 is 0 Å². The summed E-state index contributed by atoms with van der Waals surface area (Å²) in [7, 11) is 0. The molecule has 0 nitrogen and oxygen atoms in total. The molecule has 0 aromatic rings. The first-order chi connectivity index (χ1) is 5.04. The van der Waals surface area contributed by atoms with E-state index < -0.39 is 0 Å². The van der Waals surface area contributed by atoms with Crippen LogP contribution in [0.2, 0.25) is 0 Å². The zero-order valence-electron chi connectivity index (χ0n) is 7.92. The average Bonchev–Trinajstić information content (AvgIpc) is 1.86. The van der Waals surface area contributed by atoms with Crippen molar-refractivity contribution in [3.8, 4) is 0 Å². The molecule has 0 fully saturated rings. The minimum absolute atomic E-state index is 0.580. The number of allylic oxidation sites excluding steroid dienone is 2. The van der Waals surface area contributed by atoms with Gasteiger partial charge in [0.1, 0.15) is 0 Å². The first kappa shape index (κ1) is 10.8. The lowest BCUT2D eigenvalue weighted by Gasteiger charge is -2.04. The fourth-order valence-corrected chi connectivity index (χ4v) is 1.26. The predicted molar refractivity (Wildman–Crippen MR) is 55.5 cm³/mol. The monoisotopic (exact) mass is 170 g/mol.